The van der Waals surface area contributed by atoms with Crippen LogP contribution >= 0.6 is 0 Å². The van der Waals surface area contributed by atoms with Crippen LogP contribution in [-0.2, 0) is 20.9 Å². The molecule has 1 N–H and O–H groups in total. The highest BCUT2D eigenvalue weighted by atomic mass is 32.2. The molecule has 22 heavy (non-hydrogen) atoms. The van der Waals surface area contributed by atoms with Crippen LogP contribution in [0.1, 0.15) is 22.5 Å². The molecule has 0 unspecified atom stereocenters. The normalized spacial score (nSPS) is 11.4. The molecule has 2 rings (SSSR count). The summed E-state index contributed by atoms with van der Waals surface area (Å²) in [6.07, 6.45) is 0.976. The minimum atomic E-state index is -3.51. The average Bonchev–Trinajstić information content (AvgIpc) is 2.74. The topological polar surface area (TPSA) is 84.1 Å². The molecule has 0 aliphatic rings. The predicted octanol–water partition coefficient (Wildman–Crippen LogP) is 1.95. The van der Waals surface area contributed by atoms with Crippen LogP contribution in [0.25, 0.3) is 5.69 Å². The second-order valence-corrected chi connectivity index (χ2v) is 6.60. The van der Waals surface area contributed by atoms with Gasteiger partial charge < -0.3 is 4.57 Å². The first kappa shape index (κ1) is 16.2. The van der Waals surface area contributed by atoms with Crippen molar-refractivity contribution in [3.8, 4) is 11.8 Å². The molecule has 0 aliphatic carbocycles. The van der Waals surface area contributed by atoms with Crippen molar-refractivity contribution in [3.63, 3.8) is 0 Å². The van der Waals surface area contributed by atoms with Crippen molar-refractivity contribution in [2.75, 3.05) is 6.26 Å². The van der Waals surface area contributed by atoms with Crippen LogP contribution < -0.4 is 5.48 Å². The van der Waals surface area contributed by atoms with Crippen molar-refractivity contribution in [1.29, 1.82) is 5.26 Å². The Kier molecular flexibility index (Phi) is 4.66. The summed E-state index contributed by atoms with van der Waals surface area (Å²) in [5, 5.41) is 9.21. The van der Waals surface area contributed by atoms with Crippen molar-refractivity contribution < 1.29 is 12.7 Å². The lowest BCUT2D eigenvalue weighted by Crippen LogP contribution is -2.18. The van der Waals surface area contributed by atoms with E-state index in [-0.39, 0.29) is 6.54 Å². The number of rotatable bonds is 5. The summed E-state index contributed by atoms with van der Waals surface area (Å²) in [7, 11) is -3.51. The van der Waals surface area contributed by atoms with Crippen LogP contribution in [0, 0.1) is 25.2 Å². The largest absolute Gasteiger partial charge is 0.305 e. The highest BCUT2D eigenvalue weighted by Crippen LogP contribution is 2.20. The second-order valence-electron chi connectivity index (χ2n) is 5.02. The van der Waals surface area contributed by atoms with Gasteiger partial charge in [-0.25, -0.2) is 0 Å². The standard InChI is InChI=1S/C15H17N3O3S/c1-11-8-15(9-16)18(12(11)2)14-6-4-13(5-7-14)10-17-21-22(3,19)20/h4-8,17H,10H2,1-3H3. The van der Waals surface area contributed by atoms with Crippen LogP contribution in [0.15, 0.2) is 30.3 Å². The molecular weight excluding hydrogens is 302 g/mol. The smallest absolute Gasteiger partial charge is 0.280 e. The lowest BCUT2D eigenvalue weighted by molar-refractivity contribution is 0.201. The van der Waals surface area contributed by atoms with Gasteiger partial charge in [-0.05, 0) is 43.2 Å². The Hall–Kier alpha value is -2.14. The monoisotopic (exact) mass is 319 g/mol. The first-order chi connectivity index (χ1) is 10.3. The Bertz CT molecular complexity index is 815. The third-order valence-electron chi connectivity index (χ3n) is 3.30. The number of nitrogens with zero attached hydrogens (tertiary/aromatic N) is 2. The van der Waals surface area contributed by atoms with Gasteiger partial charge in [0.25, 0.3) is 10.1 Å². The molecule has 1 heterocycles. The molecule has 0 aliphatic heterocycles. The molecule has 1 aromatic carbocycles. The first-order valence-corrected chi connectivity index (χ1v) is 8.43. The highest BCUT2D eigenvalue weighted by Gasteiger charge is 2.10. The Morgan fingerprint density at radius 1 is 1.27 bits per heavy atom. The maximum Gasteiger partial charge on any atom is 0.280 e. The fraction of sp³-hybridized carbons (Fsp3) is 0.267. The fourth-order valence-electron chi connectivity index (χ4n) is 2.13. The van der Waals surface area contributed by atoms with Gasteiger partial charge in [0.05, 0.1) is 6.26 Å². The van der Waals surface area contributed by atoms with E-state index in [0.29, 0.717) is 5.69 Å². The van der Waals surface area contributed by atoms with Gasteiger partial charge in [-0.1, -0.05) is 12.1 Å². The third kappa shape index (κ3) is 3.74. The SMILES string of the molecule is Cc1cc(C#N)n(-c2ccc(CNOS(C)(=O)=O)cc2)c1C. The van der Waals surface area contributed by atoms with Gasteiger partial charge in [-0.15, -0.1) is 0 Å². The number of aromatic nitrogens is 1. The average molecular weight is 319 g/mol. The zero-order valence-corrected chi connectivity index (χ0v) is 13.4. The summed E-state index contributed by atoms with van der Waals surface area (Å²) >= 11 is 0. The molecule has 6 nitrogen and oxygen atoms in total. The van der Waals surface area contributed by atoms with Crippen molar-refractivity contribution in [2.45, 2.75) is 20.4 Å². The maximum atomic E-state index is 10.9. The van der Waals surface area contributed by atoms with E-state index in [2.05, 4.69) is 15.8 Å². The van der Waals surface area contributed by atoms with Crippen molar-refractivity contribution in [2.24, 2.45) is 0 Å². The molecule has 0 saturated carbocycles. The van der Waals surface area contributed by atoms with Gasteiger partial charge in [0.2, 0.25) is 0 Å². The van der Waals surface area contributed by atoms with Crippen LogP contribution in [0.5, 0.6) is 0 Å². The van der Waals surface area contributed by atoms with Gasteiger partial charge in [-0.3, -0.25) is 0 Å². The number of nitriles is 1. The van der Waals surface area contributed by atoms with E-state index in [1.165, 1.54) is 0 Å². The Labute approximate surface area is 130 Å². The summed E-state index contributed by atoms with van der Waals surface area (Å²) in [6, 6.07) is 11.5. The van der Waals surface area contributed by atoms with E-state index in [1.807, 2.05) is 48.7 Å². The van der Waals surface area contributed by atoms with Crippen LogP contribution in [0.3, 0.4) is 0 Å². The molecule has 0 atom stereocenters. The maximum absolute atomic E-state index is 10.9. The molecule has 7 heteroatoms. The van der Waals surface area contributed by atoms with Gasteiger partial charge >= 0.3 is 0 Å². The number of hydroxylamine groups is 1. The van der Waals surface area contributed by atoms with Gasteiger partial charge in [0.15, 0.2) is 0 Å². The summed E-state index contributed by atoms with van der Waals surface area (Å²) in [5.74, 6) is 0. The number of hydrogen-bond donors (Lipinski definition) is 1. The van der Waals surface area contributed by atoms with E-state index in [0.717, 1.165) is 28.8 Å². The third-order valence-corrected chi connectivity index (χ3v) is 3.72. The fourth-order valence-corrected chi connectivity index (χ4v) is 2.40. The number of benzene rings is 1. The Morgan fingerprint density at radius 2 is 1.91 bits per heavy atom. The molecule has 0 spiro atoms. The van der Waals surface area contributed by atoms with Crippen LogP contribution in [0.2, 0.25) is 0 Å². The molecular formula is C15H17N3O3S. The van der Waals surface area contributed by atoms with Crippen molar-refractivity contribution in [3.05, 3.63) is 52.8 Å². The molecule has 0 bridgehead atoms. The molecule has 116 valence electrons. The van der Waals surface area contributed by atoms with Crippen LogP contribution in [0.4, 0.5) is 0 Å². The van der Waals surface area contributed by atoms with E-state index in [9.17, 15) is 13.7 Å². The minimum absolute atomic E-state index is 0.266. The van der Waals surface area contributed by atoms with E-state index in [4.69, 9.17) is 0 Å². The zero-order chi connectivity index (χ0) is 16.3. The Morgan fingerprint density at radius 3 is 2.45 bits per heavy atom. The number of aryl methyl sites for hydroxylation is 1. The molecule has 0 fully saturated rings. The van der Waals surface area contributed by atoms with E-state index >= 15 is 0 Å². The van der Waals surface area contributed by atoms with E-state index < -0.39 is 10.1 Å². The molecule has 1 aromatic heterocycles. The summed E-state index contributed by atoms with van der Waals surface area (Å²) < 4.78 is 28.1. The van der Waals surface area contributed by atoms with Gasteiger partial charge in [0, 0.05) is 17.9 Å². The molecule has 0 radical (unpaired) electrons. The number of nitrogens with one attached hydrogen (secondary N) is 1. The lowest BCUT2D eigenvalue weighted by atomic mass is 10.2. The second kappa shape index (κ2) is 6.32. The van der Waals surface area contributed by atoms with Gasteiger partial charge in [-0.2, -0.15) is 23.4 Å². The van der Waals surface area contributed by atoms with Crippen molar-refractivity contribution >= 4 is 10.1 Å². The molecule has 0 amide bonds. The minimum Gasteiger partial charge on any atom is -0.305 e. The highest BCUT2D eigenvalue weighted by molar-refractivity contribution is 7.85. The number of hydrogen-bond acceptors (Lipinski definition) is 5. The first-order valence-electron chi connectivity index (χ1n) is 6.61. The Balaban J connectivity index is 2.18. The van der Waals surface area contributed by atoms with Crippen LogP contribution in [-0.4, -0.2) is 19.2 Å². The quantitative estimate of drug-likeness (QED) is 0.852. The van der Waals surface area contributed by atoms with E-state index in [1.54, 1.807) is 0 Å². The van der Waals surface area contributed by atoms with Gasteiger partial charge in [0.1, 0.15) is 11.8 Å². The predicted molar refractivity (Wildman–Crippen MR) is 82.7 cm³/mol. The summed E-state index contributed by atoms with van der Waals surface area (Å²) in [6.45, 7) is 4.20. The van der Waals surface area contributed by atoms with Crippen molar-refractivity contribution in [1.82, 2.24) is 10.0 Å². The summed E-state index contributed by atoms with van der Waals surface area (Å²) in [4.78, 5) is 0. The lowest BCUT2D eigenvalue weighted by Gasteiger charge is -2.10. The molecule has 0 saturated heterocycles. The summed E-state index contributed by atoms with van der Waals surface area (Å²) in [5.41, 5.74) is 6.80. The zero-order valence-electron chi connectivity index (χ0n) is 12.6. The molecule has 2 aromatic rings.